The molecule has 1 amide bonds. The third-order valence-corrected chi connectivity index (χ3v) is 7.22. The van der Waals surface area contributed by atoms with Crippen LogP contribution in [0.15, 0.2) is 48.1 Å². The van der Waals surface area contributed by atoms with Crippen molar-refractivity contribution in [1.82, 2.24) is 34.5 Å². The van der Waals surface area contributed by atoms with Gasteiger partial charge >= 0.3 is 12.3 Å². The van der Waals surface area contributed by atoms with Crippen molar-refractivity contribution in [3.63, 3.8) is 0 Å². The number of hydrogen-bond donors (Lipinski definition) is 3. The Morgan fingerprint density at radius 1 is 1.23 bits per heavy atom. The summed E-state index contributed by atoms with van der Waals surface area (Å²) in [4.78, 5) is 22.6. The number of pyridine rings is 1. The van der Waals surface area contributed by atoms with Gasteiger partial charge in [-0.05, 0) is 45.8 Å². The molecule has 0 unspecified atom stereocenters. The van der Waals surface area contributed by atoms with E-state index in [2.05, 4.69) is 25.7 Å². The van der Waals surface area contributed by atoms with Crippen molar-refractivity contribution in [2.24, 2.45) is 7.05 Å². The number of fused-ring (bicyclic) bond motifs is 1. The predicted octanol–water partition coefficient (Wildman–Crippen LogP) is 6.07. The van der Waals surface area contributed by atoms with Crippen molar-refractivity contribution in [3.05, 3.63) is 58.9 Å². The maximum Gasteiger partial charge on any atom is 0.433 e. The van der Waals surface area contributed by atoms with E-state index in [0.29, 0.717) is 11.2 Å². The van der Waals surface area contributed by atoms with Crippen molar-refractivity contribution in [3.8, 4) is 5.75 Å². The molecular weight excluding hydrogens is 603 g/mol. The van der Waals surface area contributed by atoms with Gasteiger partial charge < -0.3 is 35.0 Å². The summed E-state index contributed by atoms with van der Waals surface area (Å²) >= 11 is 6.65. The molecule has 0 atom stereocenters. The standard InChI is InChI=1S/C28H31ClF3N9O3/c1-27(2,3)44-26(42)40-11-8-16(9-12-40)41-20(28(30,31)32)13-21(38-41)36-25-37-24-23(39(25)4)22(29)19(15-35-24)43-18(14-33)17-7-5-6-10-34-17/h5-7,10,13-16,33-34H,8-9,11-12H2,1-4H3,(H,35,36,37,38)/b18-17+,33-14?. The Morgan fingerprint density at radius 2 is 1.95 bits per heavy atom. The van der Waals surface area contributed by atoms with Gasteiger partial charge in [0.05, 0.1) is 24.2 Å². The fourth-order valence-electron chi connectivity index (χ4n) is 4.80. The molecule has 0 aliphatic carbocycles. The molecule has 0 spiro atoms. The Balaban J connectivity index is 1.38. The van der Waals surface area contributed by atoms with Gasteiger partial charge in [0.15, 0.2) is 23.0 Å². The largest absolute Gasteiger partial charge is 0.450 e. The highest BCUT2D eigenvalue weighted by Crippen LogP contribution is 2.37. The van der Waals surface area contributed by atoms with Crippen molar-refractivity contribution < 1.29 is 27.4 Å². The molecule has 2 aliphatic rings. The highest BCUT2D eigenvalue weighted by Gasteiger charge is 2.39. The number of nitrogens with one attached hydrogen (secondary N) is 3. The van der Waals surface area contributed by atoms with Crippen LogP contribution >= 0.6 is 11.6 Å². The normalized spacial score (nSPS) is 17.0. The van der Waals surface area contributed by atoms with Crippen LogP contribution in [0.5, 0.6) is 5.75 Å². The maximum absolute atomic E-state index is 14.1. The van der Waals surface area contributed by atoms with Crippen LogP contribution in [0.4, 0.5) is 29.7 Å². The molecule has 0 bridgehead atoms. The number of piperidine rings is 1. The van der Waals surface area contributed by atoms with Crippen LogP contribution in [0.25, 0.3) is 11.2 Å². The molecule has 234 valence electrons. The molecule has 3 aromatic rings. The molecule has 2 aliphatic heterocycles. The fraction of sp³-hybridized carbons (Fsp3) is 0.393. The Morgan fingerprint density at radius 3 is 2.57 bits per heavy atom. The summed E-state index contributed by atoms with van der Waals surface area (Å²) in [5.74, 6) is 0.427. The first kappa shape index (κ1) is 30.9. The summed E-state index contributed by atoms with van der Waals surface area (Å²) in [6.07, 6.45) is 4.73. The molecule has 44 heavy (non-hydrogen) atoms. The lowest BCUT2D eigenvalue weighted by atomic mass is 10.1. The number of dihydropyridines is 1. The molecule has 5 rings (SSSR count). The second-order valence-electron chi connectivity index (χ2n) is 11.2. The monoisotopic (exact) mass is 633 g/mol. The van der Waals surface area contributed by atoms with Crippen LogP contribution in [-0.2, 0) is 18.0 Å². The number of aromatic nitrogens is 5. The van der Waals surface area contributed by atoms with E-state index < -0.39 is 29.6 Å². The number of carbonyl (C=O) groups excluding carboxylic acids is 1. The summed E-state index contributed by atoms with van der Waals surface area (Å²) in [5, 5.41) is 18.0. The van der Waals surface area contributed by atoms with Crippen LogP contribution in [-0.4, -0.2) is 60.2 Å². The number of aryl methyl sites for hydroxylation is 1. The van der Waals surface area contributed by atoms with Gasteiger partial charge in [0.2, 0.25) is 5.95 Å². The first-order valence-electron chi connectivity index (χ1n) is 13.7. The number of nitrogens with zero attached hydrogens (tertiary/aromatic N) is 6. The number of alkyl halides is 3. The lowest BCUT2D eigenvalue weighted by Gasteiger charge is -2.34. The van der Waals surface area contributed by atoms with Crippen molar-refractivity contribution in [2.45, 2.75) is 51.4 Å². The number of allylic oxidation sites excluding steroid dienone is 4. The minimum Gasteiger partial charge on any atom is -0.450 e. The van der Waals surface area contributed by atoms with Crippen molar-refractivity contribution >= 4 is 46.8 Å². The molecule has 12 nitrogen and oxygen atoms in total. The highest BCUT2D eigenvalue weighted by molar-refractivity contribution is 6.36. The van der Waals surface area contributed by atoms with Gasteiger partial charge in [0.25, 0.3) is 0 Å². The Hall–Kier alpha value is -4.53. The van der Waals surface area contributed by atoms with E-state index in [9.17, 15) is 18.0 Å². The lowest BCUT2D eigenvalue weighted by molar-refractivity contribution is -0.145. The first-order chi connectivity index (χ1) is 20.7. The number of halogens is 4. The van der Waals surface area contributed by atoms with E-state index in [1.807, 2.05) is 0 Å². The molecule has 0 aromatic carbocycles. The predicted molar refractivity (Wildman–Crippen MR) is 158 cm³/mol. The number of carbonyl (C=O) groups is 1. The molecule has 1 saturated heterocycles. The van der Waals surface area contributed by atoms with E-state index in [1.54, 1.807) is 52.2 Å². The van der Waals surface area contributed by atoms with Gasteiger partial charge in [0, 0.05) is 32.4 Å². The average molecular weight is 634 g/mol. The van der Waals surface area contributed by atoms with E-state index in [1.165, 1.54) is 15.7 Å². The first-order valence-corrected chi connectivity index (χ1v) is 14.1. The van der Waals surface area contributed by atoms with Crippen LogP contribution in [0.1, 0.15) is 45.3 Å². The third-order valence-electron chi connectivity index (χ3n) is 6.86. The van der Waals surface area contributed by atoms with E-state index in [-0.39, 0.29) is 59.9 Å². The quantitative estimate of drug-likeness (QED) is 0.220. The number of ether oxygens (including phenoxy) is 2. The molecule has 16 heteroatoms. The highest BCUT2D eigenvalue weighted by atomic mass is 35.5. The lowest BCUT2D eigenvalue weighted by Crippen LogP contribution is -2.42. The van der Waals surface area contributed by atoms with Gasteiger partial charge in [0.1, 0.15) is 21.8 Å². The van der Waals surface area contributed by atoms with Gasteiger partial charge in [-0.15, -0.1) is 0 Å². The van der Waals surface area contributed by atoms with Gasteiger partial charge in [-0.3, -0.25) is 4.68 Å². The Labute approximate surface area is 255 Å². The molecule has 1 fully saturated rings. The van der Waals surface area contributed by atoms with Gasteiger partial charge in [-0.2, -0.15) is 23.3 Å². The zero-order valence-electron chi connectivity index (χ0n) is 24.4. The summed E-state index contributed by atoms with van der Waals surface area (Å²) < 4.78 is 56.0. The minimum absolute atomic E-state index is 0.0723. The molecule has 0 radical (unpaired) electrons. The van der Waals surface area contributed by atoms with Crippen LogP contribution < -0.4 is 15.4 Å². The molecular formula is C28H31ClF3N9O3. The summed E-state index contributed by atoms with van der Waals surface area (Å²) in [6.45, 7) is 5.73. The second kappa shape index (κ2) is 11.9. The van der Waals surface area contributed by atoms with Crippen LogP contribution in [0.2, 0.25) is 5.02 Å². The van der Waals surface area contributed by atoms with Gasteiger partial charge in [-0.1, -0.05) is 17.7 Å². The fourth-order valence-corrected chi connectivity index (χ4v) is 5.10. The molecule has 3 N–H and O–H groups in total. The SMILES string of the molecule is Cn1c(Nc2cc(C(F)(F)F)n(C3CCN(C(=O)OC(C)(C)C)CC3)n2)nc2ncc(O/C(C=N)=C3\C=CC=CN3)c(Cl)c21. The molecule has 5 heterocycles. The minimum atomic E-state index is -4.67. The number of likely N-dealkylation sites (tertiary alicyclic amines) is 1. The van der Waals surface area contributed by atoms with Crippen molar-refractivity contribution in [2.75, 3.05) is 18.4 Å². The Bertz CT molecular complexity index is 1680. The zero-order valence-corrected chi connectivity index (χ0v) is 25.1. The third kappa shape index (κ3) is 6.51. The van der Waals surface area contributed by atoms with E-state index in [4.69, 9.17) is 26.5 Å². The Kier molecular flexibility index (Phi) is 8.34. The number of amides is 1. The number of rotatable bonds is 6. The maximum atomic E-state index is 14.1. The molecule has 3 aromatic heterocycles. The number of hydrogen-bond acceptors (Lipinski definition) is 9. The van der Waals surface area contributed by atoms with Gasteiger partial charge in [-0.25, -0.2) is 9.78 Å². The van der Waals surface area contributed by atoms with E-state index >= 15 is 0 Å². The van der Waals surface area contributed by atoms with Crippen LogP contribution in [0.3, 0.4) is 0 Å². The topological polar surface area (TPSA) is 135 Å². The molecule has 0 saturated carbocycles. The average Bonchev–Trinajstić information content (AvgIpc) is 3.54. The summed E-state index contributed by atoms with van der Waals surface area (Å²) in [6, 6.07) is 0.337. The van der Waals surface area contributed by atoms with Crippen molar-refractivity contribution in [1.29, 1.82) is 5.41 Å². The van der Waals surface area contributed by atoms with E-state index in [0.717, 1.165) is 17.0 Å². The second-order valence-corrected chi connectivity index (χ2v) is 11.5. The summed E-state index contributed by atoms with van der Waals surface area (Å²) in [7, 11) is 1.62. The number of anilines is 2. The summed E-state index contributed by atoms with van der Waals surface area (Å²) in [5.41, 5.74) is -0.475. The smallest absolute Gasteiger partial charge is 0.433 e. The number of imidazole rings is 1. The zero-order chi connectivity index (χ0) is 31.8. The van der Waals surface area contributed by atoms with Crippen LogP contribution in [0, 0.1) is 5.41 Å².